The second-order valence-electron chi connectivity index (χ2n) is 5.66. The number of rotatable bonds is 7. The van der Waals surface area contributed by atoms with Gasteiger partial charge in [-0.3, -0.25) is 9.59 Å². The zero-order valence-electron chi connectivity index (χ0n) is 14.6. The van der Waals surface area contributed by atoms with Crippen LogP contribution in [0.3, 0.4) is 0 Å². The van der Waals surface area contributed by atoms with Gasteiger partial charge in [0.05, 0.1) is 11.4 Å². The molecular formula is C18H21N3O4S. The molecule has 0 bridgehead atoms. The molecule has 0 aliphatic rings. The average Bonchev–Trinajstić information content (AvgIpc) is 2.66. The minimum atomic E-state index is -3.72. The number of amides is 2. The molecule has 0 aliphatic heterocycles. The first kappa shape index (κ1) is 19.6. The molecule has 0 radical (unpaired) electrons. The standard InChI is InChI=1S/C18H21N3O4S/c1-19-18(23)15-10-8-14(9-11-15)13-21(2)17(22)12-20-26(24,25)16-6-4-3-5-7-16/h3-11,20H,12-13H2,1-2H3,(H,19,23). The number of sulfonamides is 1. The van der Waals surface area contributed by atoms with Crippen molar-refractivity contribution in [2.24, 2.45) is 0 Å². The molecule has 2 aromatic rings. The number of hydrogen-bond acceptors (Lipinski definition) is 4. The van der Waals surface area contributed by atoms with E-state index in [9.17, 15) is 18.0 Å². The number of carbonyl (C=O) groups excluding carboxylic acids is 2. The summed E-state index contributed by atoms with van der Waals surface area (Å²) in [6.45, 7) is -0.0238. The minimum absolute atomic E-state index is 0.111. The summed E-state index contributed by atoms with van der Waals surface area (Å²) >= 11 is 0. The number of nitrogens with one attached hydrogen (secondary N) is 2. The summed E-state index contributed by atoms with van der Waals surface area (Å²) in [6.07, 6.45) is 0. The number of likely N-dealkylation sites (N-methyl/N-ethyl adjacent to an activating group) is 1. The monoisotopic (exact) mass is 375 g/mol. The number of carbonyl (C=O) groups is 2. The van der Waals surface area contributed by atoms with Crippen LogP contribution in [0.4, 0.5) is 0 Å². The Hall–Kier alpha value is -2.71. The van der Waals surface area contributed by atoms with E-state index < -0.39 is 10.0 Å². The van der Waals surface area contributed by atoms with Crippen LogP contribution >= 0.6 is 0 Å². The van der Waals surface area contributed by atoms with Crippen LogP contribution in [0, 0.1) is 0 Å². The smallest absolute Gasteiger partial charge is 0.251 e. The van der Waals surface area contributed by atoms with E-state index in [1.54, 1.807) is 56.6 Å². The molecule has 0 aromatic heterocycles. The predicted octanol–water partition coefficient (Wildman–Crippen LogP) is 0.983. The van der Waals surface area contributed by atoms with Gasteiger partial charge in [0, 0.05) is 26.2 Å². The molecule has 26 heavy (non-hydrogen) atoms. The maximum Gasteiger partial charge on any atom is 0.251 e. The lowest BCUT2D eigenvalue weighted by Gasteiger charge is -2.18. The molecule has 2 N–H and O–H groups in total. The van der Waals surface area contributed by atoms with Crippen LogP contribution in [0.1, 0.15) is 15.9 Å². The molecule has 0 aliphatic carbocycles. The third kappa shape index (κ3) is 5.14. The zero-order valence-corrected chi connectivity index (χ0v) is 15.4. The third-order valence-corrected chi connectivity index (χ3v) is 5.17. The van der Waals surface area contributed by atoms with Crippen molar-refractivity contribution in [2.45, 2.75) is 11.4 Å². The first-order chi connectivity index (χ1) is 12.3. The van der Waals surface area contributed by atoms with Crippen molar-refractivity contribution in [3.8, 4) is 0 Å². The Labute approximate surface area is 153 Å². The van der Waals surface area contributed by atoms with Gasteiger partial charge in [-0.25, -0.2) is 13.1 Å². The Morgan fingerprint density at radius 1 is 1.00 bits per heavy atom. The van der Waals surface area contributed by atoms with Gasteiger partial charge in [0.25, 0.3) is 5.91 Å². The second kappa shape index (κ2) is 8.59. The van der Waals surface area contributed by atoms with E-state index >= 15 is 0 Å². The highest BCUT2D eigenvalue weighted by atomic mass is 32.2. The van der Waals surface area contributed by atoms with Crippen LogP contribution in [0.5, 0.6) is 0 Å². The summed E-state index contributed by atoms with van der Waals surface area (Å²) in [5, 5.41) is 2.54. The Morgan fingerprint density at radius 3 is 2.19 bits per heavy atom. The van der Waals surface area contributed by atoms with Gasteiger partial charge in [0.2, 0.25) is 15.9 Å². The van der Waals surface area contributed by atoms with Crippen molar-refractivity contribution in [3.63, 3.8) is 0 Å². The fourth-order valence-electron chi connectivity index (χ4n) is 2.24. The second-order valence-corrected chi connectivity index (χ2v) is 7.43. The molecule has 0 saturated heterocycles. The SMILES string of the molecule is CNC(=O)c1ccc(CN(C)C(=O)CNS(=O)(=O)c2ccccc2)cc1. The summed E-state index contributed by atoms with van der Waals surface area (Å²) < 4.78 is 26.6. The van der Waals surface area contributed by atoms with E-state index in [1.807, 2.05) is 0 Å². The topological polar surface area (TPSA) is 95.6 Å². The van der Waals surface area contributed by atoms with Gasteiger partial charge >= 0.3 is 0 Å². The third-order valence-electron chi connectivity index (χ3n) is 3.76. The van der Waals surface area contributed by atoms with E-state index in [-0.39, 0.29) is 23.3 Å². The lowest BCUT2D eigenvalue weighted by molar-refractivity contribution is -0.129. The maximum atomic E-state index is 12.2. The molecule has 0 saturated carbocycles. The number of hydrogen-bond donors (Lipinski definition) is 2. The first-order valence-electron chi connectivity index (χ1n) is 7.93. The Kier molecular flexibility index (Phi) is 6.48. The maximum absolute atomic E-state index is 12.2. The molecule has 8 heteroatoms. The molecule has 0 heterocycles. The van der Waals surface area contributed by atoms with Crippen LogP contribution in [0.25, 0.3) is 0 Å². The zero-order chi connectivity index (χ0) is 19.2. The Balaban J connectivity index is 1.92. The van der Waals surface area contributed by atoms with Crippen molar-refractivity contribution >= 4 is 21.8 Å². The van der Waals surface area contributed by atoms with Gasteiger partial charge in [0.15, 0.2) is 0 Å². The molecule has 0 fully saturated rings. The molecule has 7 nitrogen and oxygen atoms in total. The Morgan fingerprint density at radius 2 is 1.62 bits per heavy atom. The lowest BCUT2D eigenvalue weighted by atomic mass is 10.1. The molecule has 2 amide bonds. The van der Waals surface area contributed by atoms with Crippen LogP contribution in [-0.4, -0.2) is 45.8 Å². The van der Waals surface area contributed by atoms with Crippen molar-refractivity contribution in [1.29, 1.82) is 0 Å². The van der Waals surface area contributed by atoms with Gasteiger partial charge in [-0.05, 0) is 29.8 Å². The summed E-state index contributed by atoms with van der Waals surface area (Å²) in [7, 11) is -0.578. The van der Waals surface area contributed by atoms with Crippen LogP contribution in [0.15, 0.2) is 59.5 Å². The van der Waals surface area contributed by atoms with Crippen LogP contribution in [-0.2, 0) is 21.4 Å². The highest BCUT2D eigenvalue weighted by molar-refractivity contribution is 7.89. The number of benzene rings is 2. The predicted molar refractivity (Wildman–Crippen MR) is 97.9 cm³/mol. The molecule has 0 atom stereocenters. The summed E-state index contributed by atoms with van der Waals surface area (Å²) in [5.41, 5.74) is 1.36. The molecule has 138 valence electrons. The van der Waals surface area contributed by atoms with E-state index in [0.717, 1.165) is 5.56 Å². The average molecular weight is 375 g/mol. The fraction of sp³-hybridized carbons (Fsp3) is 0.222. The van der Waals surface area contributed by atoms with E-state index in [2.05, 4.69) is 10.0 Å². The fourth-order valence-corrected chi connectivity index (χ4v) is 3.24. The molecule has 2 rings (SSSR count). The minimum Gasteiger partial charge on any atom is -0.355 e. The molecule has 2 aromatic carbocycles. The molecule has 0 spiro atoms. The summed E-state index contributed by atoms with van der Waals surface area (Å²) in [6, 6.07) is 14.7. The largest absolute Gasteiger partial charge is 0.355 e. The van der Waals surface area contributed by atoms with Crippen molar-refractivity contribution in [3.05, 3.63) is 65.7 Å². The van der Waals surface area contributed by atoms with Gasteiger partial charge in [0.1, 0.15) is 0 Å². The lowest BCUT2D eigenvalue weighted by Crippen LogP contribution is -2.37. The quantitative estimate of drug-likeness (QED) is 0.754. The van der Waals surface area contributed by atoms with Gasteiger partial charge in [-0.1, -0.05) is 30.3 Å². The molecular weight excluding hydrogens is 354 g/mol. The van der Waals surface area contributed by atoms with E-state index in [1.165, 1.54) is 17.0 Å². The van der Waals surface area contributed by atoms with E-state index in [0.29, 0.717) is 12.1 Å². The summed E-state index contributed by atoms with van der Waals surface area (Å²) in [5.74, 6) is -0.545. The number of nitrogens with zero attached hydrogens (tertiary/aromatic N) is 1. The van der Waals surface area contributed by atoms with E-state index in [4.69, 9.17) is 0 Å². The highest BCUT2D eigenvalue weighted by Crippen LogP contribution is 2.09. The Bertz CT molecular complexity index is 865. The van der Waals surface area contributed by atoms with Crippen LogP contribution in [0.2, 0.25) is 0 Å². The highest BCUT2D eigenvalue weighted by Gasteiger charge is 2.17. The van der Waals surface area contributed by atoms with Gasteiger partial charge in [-0.15, -0.1) is 0 Å². The first-order valence-corrected chi connectivity index (χ1v) is 9.41. The van der Waals surface area contributed by atoms with Crippen molar-refractivity contribution < 1.29 is 18.0 Å². The molecule has 0 unspecified atom stereocenters. The summed E-state index contributed by atoms with van der Waals surface area (Å²) in [4.78, 5) is 25.2. The van der Waals surface area contributed by atoms with Crippen molar-refractivity contribution in [2.75, 3.05) is 20.6 Å². The van der Waals surface area contributed by atoms with Gasteiger partial charge < -0.3 is 10.2 Å². The van der Waals surface area contributed by atoms with Crippen LogP contribution < -0.4 is 10.0 Å². The normalized spacial score (nSPS) is 11.0. The van der Waals surface area contributed by atoms with Gasteiger partial charge in [-0.2, -0.15) is 0 Å². The van der Waals surface area contributed by atoms with Crippen molar-refractivity contribution in [1.82, 2.24) is 14.9 Å².